The van der Waals surface area contributed by atoms with Crippen LogP contribution >= 0.6 is 11.3 Å². The standard InChI is InChI=1S/C20H22N4O4S2/c1-13(2)12-18-22-23-20(29-18)21-19(25)14-4-10-17(11-5-14)30(26,27)24-15-6-8-16(28-3)9-7-15/h4-11,13,24H,12H2,1-3H3,(H,21,23,25). The Bertz CT molecular complexity index is 1110. The van der Waals surface area contributed by atoms with Crippen LogP contribution in [0.1, 0.15) is 29.2 Å². The van der Waals surface area contributed by atoms with Gasteiger partial charge in [0.1, 0.15) is 10.8 Å². The van der Waals surface area contributed by atoms with Crippen LogP contribution in [0.4, 0.5) is 10.8 Å². The molecule has 0 unspecified atom stereocenters. The summed E-state index contributed by atoms with van der Waals surface area (Å²) in [4.78, 5) is 12.5. The van der Waals surface area contributed by atoms with E-state index < -0.39 is 10.0 Å². The van der Waals surface area contributed by atoms with Crippen molar-refractivity contribution in [3.8, 4) is 5.75 Å². The highest BCUT2D eigenvalue weighted by molar-refractivity contribution is 7.92. The summed E-state index contributed by atoms with van der Waals surface area (Å²) < 4.78 is 32.7. The molecule has 2 N–H and O–H groups in total. The second-order valence-electron chi connectivity index (χ2n) is 6.91. The lowest BCUT2D eigenvalue weighted by atomic mass is 10.1. The van der Waals surface area contributed by atoms with Crippen molar-refractivity contribution in [3.63, 3.8) is 0 Å². The minimum Gasteiger partial charge on any atom is -0.497 e. The number of carbonyl (C=O) groups is 1. The van der Waals surface area contributed by atoms with E-state index >= 15 is 0 Å². The third-order valence-electron chi connectivity index (χ3n) is 4.04. The number of carbonyl (C=O) groups excluding carboxylic acids is 1. The van der Waals surface area contributed by atoms with E-state index in [1.54, 1.807) is 24.3 Å². The first-order chi connectivity index (χ1) is 14.3. The smallest absolute Gasteiger partial charge is 0.261 e. The van der Waals surface area contributed by atoms with E-state index in [0.717, 1.165) is 11.4 Å². The predicted octanol–water partition coefficient (Wildman–Crippen LogP) is 3.80. The Morgan fingerprint density at radius 1 is 1.07 bits per heavy atom. The van der Waals surface area contributed by atoms with Crippen molar-refractivity contribution >= 4 is 38.1 Å². The average molecular weight is 447 g/mol. The molecule has 1 amide bonds. The number of aromatic nitrogens is 2. The van der Waals surface area contributed by atoms with Crippen molar-refractivity contribution in [2.75, 3.05) is 17.1 Å². The van der Waals surface area contributed by atoms with Gasteiger partial charge in [0, 0.05) is 17.7 Å². The molecule has 0 saturated carbocycles. The van der Waals surface area contributed by atoms with Gasteiger partial charge in [-0.2, -0.15) is 0 Å². The number of nitrogens with zero attached hydrogens (tertiary/aromatic N) is 2. The summed E-state index contributed by atoms with van der Waals surface area (Å²) in [5.74, 6) is 0.692. The summed E-state index contributed by atoms with van der Waals surface area (Å²) in [6, 6.07) is 12.2. The molecule has 3 aromatic rings. The molecular weight excluding hydrogens is 424 g/mol. The summed E-state index contributed by atoms with van der Waals surface area (Å²) in [5.41, 5.74) is 0.727. The Balaban J connectivity index is 1.67. The molecule has 30 heavy (non-hydrogen) atoms. The van der Waals surface area contributed by atoms with Gasteiger partial charge in [-0.15, -0.1) is 10.2 Å². The molecule has 1 aromatic heterocycles. The highest BCUT2D eigenvalue weighted by Gasteiger charge is 2.16. The van der Waals surface area contributed by atoms with Gasteiger partial charge in [-0.05, 0) is 54.4 Å². The van der Waals surface area contributed by atoms with E-state index in [2.05, 4.69) is 34.1 Å². The minimum atomic E-state index is -3.79. The average Bonchev–Trinajstić information content (AvgIpc) is 3.14. The molecule has 0 saturated heterocycles. The zero-order valence-corrected chi connectivity index (χ0v) is 18.4. The fourth-order valence-electron chi connectivity index (χ4n) is 2.56. The number of sulfonamides is 1. The number of amides is 1. The lowest BCUT2D eigenvalue weighted by Crippen LogP contribution is -2.14. The van der Waals surface area contributed by atoms with Crippen LogP contribution in [0, 0.1) is 5.92 Å². The second kappa shape index (κ2) is 9.23. The molecule has 8 nitrogen and oxygen atoms in total. The first-order valence-corrected chi connectivity index (χ1v) is 11.5. The summed E-state index contributed by atoms with van der Waals surface area (Å²) in [7, 11) is -2.25. The molecule has 158 valence electrons. The first kappa shape index (κ1) is 21.7. The zero-order valence-electron chi connectivity index (χ0n) is 16.7. The quantitative estimate of drug-likeness (QED) is 0.545. The van der Waals surface area contributed by atoms with Crippen LogP contribution < -0.4 is 14.8 Å². The number of rotatable bonds is 8. The minimum absolute atomic E-state index is 0.0463. The van der Waals surface area contributed by atoms with Gasteiger partial charge < -0.3 is 4.74 Å². The molecule has 0 aliphatic heterocycles. The highest BCUT2D eigenvalue weighted by atomic mass is 32.2. The van der Waals surface area contributed by atoms with E-state index in [0.29, 0.717) is 28.0 Å². The Hall–Kier alpha value is -2.98. The number of nitrogens with one attached hydrogen (secondary N) is 2. The molecule has 0 radical (unpaired) electrons. The normalized spacial score (nSPS) is 11.3. The fraction of sp³-hybridized carbons (Fsp3) is 0.250. The van der Waals surface area contributed by atoms with Crippen LogP contribution in [0.15, 0.2) is 53.4 Å². The van der Waals surface area contributed by atoms with Crippen molar-refractivity contribution in [3.05, 3.63) is 59.1 Å². The number of ether oxygens (including phenoxy) is 1. The lowest BCUT2D eigenvalue weighted by Gasteiger charge is -2.09. The molecule has 0 aliphatic carbocycles. The van der Waals surface area contributed by atoms with E-state index in [9.17, 15) is 13.2 Å². The number of anilines is 2. The van der Waals surface area contributed by atoms with Gasteiger partial charge in [-0.25, -0.2) is 8.42 Å². The second-order valence-corrected chi connectivity index (χ2v) is 9.66. The monoisotopic (exact) mass is 446 g/mol. The summed E-state index contributed by atoms with van der Waals surface area (Å²) in [6.45, 7) is 4.16. The van der Waals surface area contributed by atoms with Gasteiger partial charge >= 0.3 is 0 Å². The highest BCUT2D eigenvalue weighted by Crippen LogP contribution is 2.21. The van der Waals surface area contributed by atoms with Crippen LogP contribution in [-0.4, -0.2) is 31.6 Å². The first-order valence-electron chi connectivity index (χ1n) is 9.17. The van der Waals surface area contributed by atoms with Gasteiger partial charge in [-0.1, -0.05) is 25.2 Å². The van der Waals surface area contributed by atoms with Crippen LogP contribution in [0.5, 0.6) is 5.75 Å². The topological polar surface area (TPSA) is 110 Å². The van der Waals surface area contributed by atoms with Crippen LogP contribution in [0.2, 0.25) is 0 Å². The molecule has 0 aliphatic rings. The Labute approximate surface area is 179 Å². The maximum Gasteiger partial charge on any atom is 0.261 e. The molecular formula is C20H22N4O4S2. The van der Waals surface area contributed by atoms with Gasteiger partial charge in [0.15, 0.2) is 0 Å². The Morgan fingerprint density at radius 3 is 2.33 bits per heavy atom. The van der Waals surface area contributed by atoms with Gasteiger partial charge in [0.2, 0.25) is 5.13 Å². The van der Waals surface area contributed by atoms with Gasteiger partial charge in [-0.3, -0.25) is 14.8 Å². The molecule has 3 rings (SSSR count). The van der Waals surface area contributed by atoms with E-state index in [-0.39, 0.29) is 10.8 Å². The van der Waals surface area contributed by atoms with Crippen molar-refractivity contribution in [1.82, 2.24) is 10.2 Å². The third-order valence-corrected chi connectivity index (χ3v) is 6.30. The van der Waals surface area contributed by atoms with E-state index in [1.807, 2.05) is 0 Å². The van der Waals surface area contributed by atoms with Crippen LogP contribution in [0.3, 0.4) is 0 Å². The Morgan fingerprint density at radius 2 is 1.73 bits per heavy atom. The number of hydrogen-bond donors (Lipinski definition) is 2. The molecule has 10 heteroatoms. The fourth-order valence-corrected chi connectivity index (χ4v) is 4.57. The molecule has 0 atom stereocenters. The third kappa shape index (κ3) is 5.55. The molecule has 0 spiro atoms. The van der Waals surface area contributed by atoms with E-state index in [4.69, 9.17) is 4.74 Å². The van der Waals surface area contributed by atoms with Crippen molar-refractivity contribution < 1.29 is 17.9 Å². The number of methoxy groups -OCH3 is 1. The molecule has 0 bridgehead atoms. The predicted molar refractivity (Wildman–Crippen MR) is 117 cm³/mol. The molecule has 0 fully saturated rings. The van der Waals surface area contributed by atoms with Crippen LogP contribution in [-0.2, 0) is 16.4 Å². The summed E-state index contributed by atoms with van der Waals surface area (Å²) in [6.07, 6.45) is 0.793. The van der Waals surface area contributed by atoms with Crippen molar-refractivity contribution in [2.45, 2.75) is 25.2 Å². The Kier molecular flexibility index (Phi) is 6.68. The number of benzene rings is 2. The van der Waals surface area contributed by atoms with Crippen LogP contribution in [0.25, 0.3) is 0 Å². The van der Waals surface area contributed by atoms with Gasteiger partial charge in [0.05, 0.1) is 12.0 Å². The molecule has 2 aromatic carbocycles. The number of hydrogen-bond acceptors (Lipinski definition) is 7. The van der Waals surface area contributed by atoms with Crippen molar-refractivity contribution in [2.24, 2.45) is 5.92 Å². The maximum atomic E-state index is 12.6. The summed E-state index contributed by atoms with van der Waals surface area (Å²) in [5, 5.41) is 12.0. The van der Waals surface area contributed by atoms with Crippen molar-refractivity contribution in [1.29, 1.82) is 0 Å². The lowest BCUT2D eigenvalue weighted by molar-refractivity contribution is 0.102. The summed E-state index contributed by atoms with van der Waals surface area (Å²) >= 11 is 1.33. The molecule has 1 heterocycles. The zero-order chi connectivity index (χ0) is 21.7. The van der Waals surface area contributed by atoms with E-state index in [1.165, 1.54) is 42.7 Å². The maximum absolute atomic E-state index is 12.6. The SMILES string of the molecule is COc1ccc(NS(=O)(=O)c2ccc(C(=O)Nc3nnc(CC(C)C)s3)cc2)cc1. The van der Waals surface area contributed by atoms with Gasteiger partial charge in [0.25, 0.3) is 15.9 Å². The largest absolute Gasteiger partial charge is 0.497 e.